The summed E-state index contributed by atoms with van der Waals surface area (Å²) in [5.41, 5.74) is 0. The van der Waals surface area contributed by atoms with Gasteiger partial charge in [0.1, 0.15) is 0 Å². The van der Waals surface area contributed by atoms with Crippen molar-refractivity contribution in [3.8, 4) is 0 Å². The fourth-order valence-electron chi connectivity index (χ4n) is 2.64. The minimum absolute atomic E-state index is 0.562. The Bertz CT molecular complexity index is 161. The van der Waals surface area contributed by atoms with E-state index in [1.807, 2.05) is 0 Å². The summed E-state index contributed by atoms with van der Waals surface area (Å²) in [6, 6.07) is 0. The maximum Gasteiger partial charge on any atom is 0.324 e. The molecule has 0 saturated carbocycles. The van der Waals surface area contributed by atoms with Crippen molar-refractivity contribution in [3.05, 3.63) is 0 Å². The van der Waals surface area contributed by atoms with Gasteiger partial charge >= 0.3 is 8.69 Å². The Morgan fingerprint density at radius 1 is 0.700 bits per heavy atom. The van der Waals surface area contributed by atoms with E-state index in [1.54, 1.807) is 24.6 Å². The Balaban J connectivity index is 0. The fourth-order valence-corrected chi connectivity index (χ4v) is 7.93. The third kappa shape index (κ3) is 13.5. The monoisotopic (exact) mass is 323 g/mol. The van der Waals surface area contributed by atoms with Gasteiger partial charge in [0.15, 0.2) is 0 Å². The summed E-state index contributed by atoms with van der Waals surface area (Å²) in [7, 11) is -1.40. The van der Waals surface area contributed by atoms with Gasteiger partial charge in [-0.15, -0.1) is 0 Å². The Morgan fingerprint density at radius 2 is 0.900 bits per heavy atom. The highest BCUT2D eigenvalue weighted by molar-refractivity contribution is 7.75. The maximum absolute atomic E-state index is 8.46. The lowest BCUT2D eigenvalue weighted by Crippen LogP contribution is -2.12. The van der Waals surface area contributed by atoms with Crippen molar-refractivity contribution < 1.29 is 9.46 Å². The van der Waals surface area contributed by atoms with Crippen LogP contribution in [0.1, 0.15) is 79.1 Å². The Morgan fingerprint density at radius 3 is 1.05 bits per heavy atom. The van der Waals surface area contributed by atoms with Gasteiger partial charge in [0.05, 0.1) is 24.6 Å². The first kappa shape index (κ1) is 22.8. The average molecular weight is 323 g/mol. The zero-order valence-electron chi connectivity index (χ0n) is 14.2. The topological polar surface area (TPSA) is 37.3 Å². The molecule has 0 rings (SSSR count). The second kappa shape index (κ2) is 17.5. The lowest BCUT2D eigenvalue weighted by Gasteiger charge is -2.28. The summed E-state index contributed by atoms with van der Waals surface area (Å²) in [6.07, 6.45) is 17.9. The average Bonchev–Trinajstić information content (AvgIpc) is 2.46. The fraction of sp³-hybridized carbons (Fsp3) is 1.00. The molecule has 0 aromatic carbocycles. The van der Waals surface area contributed by atoms with Gasteiger partial charge in [0, 0.05) is 7.26 Å². The molecule has 20 heavy (non-hydrogen) atoms. The number of unbranched alkanes of at least 4 members (excludes halogenated alkanes) is 4. The summed E-state index contributed by atoms with van der Waals surface area (Å²) in [5.74, 6) is 0. The molecule has 0 aliphatic carbocycles. The van der Waals surface area contributed by atoms with Crippen molar-refractivity contribution >= 4 is 15.9 Å². The summed E-state index contributed by atoms with van der Waals surface area (Å²) >= 11 is 0. The van der Waals surface area contributed by atoms with Crippen molar-refractivity contribution in [3.63, 3.8) is 0 Å². The van der Waals surface area contributed by atoms with E-state index in [4.69, 9.17) is 9.46 Å². The van der Waals surface area contributed by atoms with Gasteiger partial charge in [-0.2, -0.15) is 0 Å². The highest BCUT2D eigenvalue weighted by Crippen LogP contribution is 2.61. The Hall–Kier alpha value is 0.490. The van der Waals surface area contributed by atoms with Crippen LogP contribution in [0, 0.1) is 0 Å². The van der Waals surface area contributed by atoms with Gasteiger partial charge in [-0.1, -0.05) is 53.4 Å². The van der Waals surface area contributed by atoms with E-state index in [0.29, 0.717) is 0 Å². The van der Waals surface area contributed by atoms with E-state index in [-0.39, 0.29) is 0 Å². The molecule has 122 valence electrons. The van der Waals surface area contributed by atoms with Crippen molar-refractivity contribution in [1.29, 1.82) is 0 Å². The second-order valence-corrected chi connectivity index (χ2v) is 10.4. The van der Waals surface area contributed by atoms with Crippen LogP contribution in [-0.4, -0.2) is 29.5 Å². The van der Waals surface area contributed by atoms with E-state index in [9.17, 15) is 0 Å². The first-order valence-corrected chi connectivity index (χ1v) is 11.8. The van der Waals surface area contributed by atoms with Gasteiger partial charge in [0.2, 0.25) is 0 Å². The molecule has 0 aliphatic rings. The molecular weight excluding hydrogens is 286 g/mol. The predicted octanol–water partition coefficient (Wildman–Crippen LogP) is 6.39. The maximum atomic E-state index is 8.46. The smallest absolute Gasteiger partial charge is 0.310 e. The van der Waals surface area contributed by atoms with E-state index < -0.39 is 15.9 Å². The minimum Gasteiger partial charge on any atom is -0.310 e. The van der Waals surface area contributed by atoms with Gasteiger partial charge in [-0.05, 0) is 25.7 Å². The molecule has 0 spiro atoms. The van der Waals surface area contributed by atoms with Gasteiger partial charge in [-0.25, -0.2) is 4.57 Å². The molecule has 0 aromatic rings. The van der Waals surface area contributed by atoms with Crippen LogP contribution in [0.2, 0.25) is 0 Å². The van der Waals surface area contributed by atoms with Crippen molar-refractivity contribution in [2.24, 2.45) is 0 Å². The molecular formula is C16H37O2P2+. The van der Waals surface area contributed by atoms with Crippen LogP contribution in [-0.2, 0) is 4.57 Å². The molecule has 0 saturated heterocycles. The summed E-state index contributed by atoms with van der Waals surface area (Å²) in [6.45, 7) is 9.42. The quantitative estimate of drug-likeness (QED) is 0.422. The highest BCUT2D eigenvalue weighted by Gasteiger charge is 2.34. The molecule has 4 heteroatoms. The standard InChI is InChI=1S/C16H36P.HO2P/c1-5-9-13-17(14-10-6-2,15-11-7-3)16-12-8-4;1-3-2/h5-16H2,1-4H3;(H,1,2)/q+1;. The van der Waals surface area contributed by atoms with Crippen molar-refractivity contribution in [2.45, 2.75) is 79.1 Å². The normalized spacial score (nSPS) is 11.2. The third-order valence-corrected chi connectivity index (χ3v) is 9.00. The van der Waals surface area contributed by atoms with Crippen LogP contribution in [0.5, 0.6) is 0 Å². The predicted molar refractivity (Wildman–Crippen MR) is 95.8 cm³/mol. The number of hydrogen-bond acceptors (Lipinski definition) is 1. The highest BCUT2D eigenvalue weighted by atomic mass is 31.2. The zero-order chi connectivity index (χ0) is 15.7. The summed E-state index contributed by atoms with van der Waals surface area (Å²) in [5, 5.41) is 0. The molecule has 1 N–H and O–H groups in total. The van der Waals surface area contributed by atoms with E-state index in [1.165, 1.54) is 51.4 Å². The number of rotatable bonds is 12. The van der Waals surface area contributed by atoms with E-state index in [0.717, 1.165) is 0 Å². The lowest BCUT2D eigenvalue weighted by atomic mass is 10.4. The van der Waals surface area contributed by atoms with Crippen LogP contribution < -0.4 is 0 Å². The molecule has 0 fully saturated rings. The third-order valence-electron chi connectivity index (χ3n) is 3.94. The summed E-state index contributed by atoms with van der Waals surface area (Å²) in [4.78, 5) is 6.99. The lowest BCUT2D eigenvalue weighted by molar-refractivity contribution is 0.524. The molecule has 0 atom stereocenters. The van der Waals surface area contributed by atoms with Crippen LogP contribution >= 0.6 is 15.9 Å². The molecule has 0 aliphatic heterocycles. The van der Waals surface area contributed by atoms with Gasteiger partial charge in [-0.3, -0.25) is 0 Å². The van der Waals surface area contributed by atoms with Gasteiger partial charge < -0.3 is 4.89 Å². The van der Waals surface area contributed by atoms with Crippen molar-refractivity contribution in [2.75, 3.05) is 24.6 Å². The molecule has 0 heterocycles. The Labute approximate surface area is 129 Å². The molecule has 0 unspecified atom stereocenters. The van der Waals surface area contributed by atoms with Crippen LogP contribution in [0.4, 0.5) is 0 Å². The molecule has 0 amide bonds. The van der Waals surface area contributed by atoms with Crippen LogP contribution in [0.15, 0.2) is 0 Å². The molecule has 0 aromatic heterocycles. The van der Waals surface area contributed by atoms with E-state index in [2.05, 4.69) is 27.7 Å². The molecule has 2 nitrogen and oxygen atoms in total. The minimum atomic E-state index is -0.833. The first-order valence-electron chi connectivity index (χ1n) is 8.48. The number of hydrogen-bond donors (Lipinski definition) is 1. The SMILES string of the molecule is CCCC[P+](CCCC)(CCCC)CCCC.O=PO. The van der Waals surface area contributed by atoms with Crippen LogP contribution in [0.3, 0.4) is 0 Å². The van der Waals surface area contributed by atoms with Crippen LogP contribution in [0.25, 0.3) is 0 Å². The zero-order valence-corrected chi connectivity index (χ0v) is 16.0. The van der Waals surface area contributed by atoms with Gasteiger partial charge in [0.25, 0.3) is 0 Å². The largest absolute Gasteiger partial charge is 0.324 e. The Kier molecular flexibility index (Phi) is 20.0. The van der Waals surface area contributed by atoms with Crippen molar-refractivity contribution in [1.82, 2.24) is 0 Å². The second-order valence-electron chi connectivity index (χ2n) is 5.73. The molecule has 0 radical (unpaired) electrons. The van der Waals surface area contributed by atoms with E-state index >= 15 is 0 Å². The first-order chi connectivity index (χ1) is 9.66. The molecule has 0 bridgehead atoms. The summed E-state index contributed by atoms with van der Waals surface area (Å²) < 4.78 is 8.46.